The van der Waals surface area contributed by atoms with Crippen LogP contribution in [0.1, 0.15) is 52.7 Å². The minimum atomic E-state index is -5.76. The highest BCUT2D eigenvalue weighted by atomic mass is 31.3. The van der Waals surface area contributed by atoms with Gasteiger partial charge in [0.25, 0.3) is 0 Å². The van der Waals surface area contributed by atoms with E-state index in [-0.39, 0.29) is 23.7 Å². The summed E-state index contributed by atoms with van der Waals surface area (Å²) >= 11 is 0. The van der Waals surface area contributed by atoms with E-state index in [1.54, 1.807) is 27.7 Å². The second kappa shape index (κ2) is 12.3. The van der Waals surface area contributed by atoms with Crippen LogP contribution in [0.15, 0.2) is 12.5 Å². The van der Waals surface area contributed by atoms with Crippen molar-refractivity contribution in [1.29, 1.82) is 0 Å². The van der Waals surface area contributed by atoms with Crippen molar-refractivity contribution in [2.24, 2.45) is 0 Å². The zero-order valence-electron chi connectivity index (χ0n) is 22.4. The van der Waals surface area contributed by atoms with E-state index in [1.165, 1.54) is 17.7 Å². The molecule has 2 aromatic rings. The number of nitrogens with zero attached hydrogens (tertiary/aromatic N) is 3. The van der Waals surface area contributed by atoms with Gasteiger partial charge in [0, 0.05) is 11.8 Å². The number of nitrogens with two attached hydrogens (primary N) is 1. The Balaban J connectivity index is 1.92. The van der Waals surface area contributed by atoms with Crippen LogP contribution in [0.4, 0.5) is 5.82 Å². The van der Waals surface area contributed by atoms with Crippen molar-refractivity contribution >= 4 is 40.3 Å². The molecule has 1 aliphatic rings. The topological polar surface area (TPSA) is 285 Å². The van der Waals surface area contributed by atoms with E-state index in [0.29, 0.717) is 10.9 Å². The van der Waals surface area contributed by atoms with Gasteiger partial charge in [-0.3, -0.25) is 4.52 Å². The first-order chi connectivity index (χ1) is 18.6. The van der Waals surface area contributed by atoms with E-state index in [2.05, 4.69) is 23.1 Å². The van der Waals surface area contributed by atoms with Gasteiger partial charge in [-0.05, 0) is 34.6 Å². The molecule has 3 rings (SSSR count). The number of aliphatic hydroxyl groups is 2. The maximum Gasteiger partial charge on any atom is 0.490 e. The Bertz CT molecular complexity index is 1370. The van der Waals surface area contributed by atoms with Gasteiger partial charge in [-0.2, -0.15) is 8.62 Å². The van der Waals surface area contributed by atoms with Crippen LogP contribution in [0.25, 0.3) is 11.0 Å². The average Bonchev–Trinajstić information content (AvgIpc) is 3.25. The van der Waals surface area contributed by atoms with Crippen molar-refractivity contribution in [3.8, 4) is 0 Å². The predicted molar refractivity (Wildman–Crippen MR) is 137 cm³/mol. The third-order valence-electron chi connectivity index (χ3n) is 5.54. The monoisotopic (exact) mass is 650 g/mol. The van der Waals surface area contributed by atoms with Crippen LogP contribution >= 0.6 is 23.5 Å². The van der Waals surface area contributed by atoms with E-state index in [9.17, 15) is 33.7 Å². The summed E-state index contributed by atoms with van der Waals surface area (Å²) in [6.07, 6.45) is -3.64. The molecule has 41 heavy (non-hydrogen) atoms. The Morgan fingerprint density at radius 2 is 1.63 bits per heavy atom. The maximum atomic E-state index is 12.1. The number of aromatic nitrogens is 3. The maximum absolute atomic E-state index is 12.1. The summed E-state index contributed by atoms with van der Waals surface area (Å²) in [5.41, 5.74) is 4.59. The van der Waals surface area contributed by atoms with Gasteiger partial charge in [0.15, 0.2) is 12.5 Å². The SMILES string of the molecule is CC(C)OC(OC(C)C)c1cn([C@@H]2O[C@H](COP(=O)(O)OP(=O)(O)OP(=O)(O)O)[C@@H](O)[C@@]2(C)O)c2ncnc(N)c12. The molecule has 234 valence electrons. The van der Waals surface area contributed by atoms with E-state index >= 15 is 0 Å². The molecule has 2 unspecified atom stereocenters. The quantitative estimate of drug-likeness (QED) is 0.118. The van der Waals surface area contributed by atoms with Crippen LogP contribution in [-0.4, -0.2) is 80.9 Å². The molecule has 0 aromatic carbocycles. The van der Waals surface area contributed by atoms with Gasteiger partial charge in [-0.25, -0.2) is 23.7 Å². The number of aliphatic hydroxyl groups excluding tert-OH is 1. The molecular weight excluding hydrogens is 617 g/mol. The summed E-state index contributed by atoms with van der Waals surface area (Å²) in [5, 5.41) is 22.3. The molecule has 2 aromatic heterocycles. The van der Waals surface area contributed by atoms with E-state index in [1.807, 2.05) is 0 Å². The molecule has 0 amide bonds. The number of ether oxygens (including phenoxy) is 3. The lowest BCUT2D eigenvalue weighted by Gasteiger charge is -2.28. The summed E-state index contributed by atoms with van der Waals surface area (Å²) in [4.78, 5) is 44.6. The van der Waals surface area contributed by atoms with Gasteiger partial charge in [0.05, 0.1) is 24.2 Å². The zero-order valence-corrected chi connectivity index (χ0v) is 25.1. The Hall–Kier alpha value is -1.37. The molecule has 0 saturated carbocycles. The number of phosphoric acid groups is 3. The molecule has 1 saturated heterocycles. The number of phosphoric ester groups is 1. The van der Waals surface area contributed by atoms with Crippen LogP contribution in [-0.2, 0) is 41.1 Å². The summed E-state index contributed by atoms with van der Waals surface area (Å²) in [5.74, 6) is 0.0517. The van der Waals surface area contributed by atoms with Crippen molar-refractivity contribution in [3.05, 3.63) is 18.1 Å². The fraction of sp³-hybridized carbons (Fsp3) is 0.684. The van der Waals surface area contributed by atoms with Crippen molar-refractivity contribution in [3.63, 3.8) is 0 Å². The van der Waals surface area contributed by atoms with Crippen LogP contribution < -0.4 is 5.73 Å². The molecule has 0 radical (unpaired) electrons. The molecule has 8 N–H and O–H groups in total. The lowest BCUT2D eigenvalue weighted by atomic mass is 9.96. The lowest BCUT2D eigenvalue weighted by molar-refractivity contribution is -0.185. The second-order valence-corrected chi connectivity index (χ2v) is 14.2. The van der Waals surface area contributed by atoms with Crippen LogP contribution in [0, 0.1) is 0 Å². The molecule has 0 spiro atoms. The summed E-state index contributed by atoms with van der Waals surface area (Å²) in [7, 11) is -16.9. The van der Waals surface area contributed by atoms with Gasteiger partial charge >= 0.3 is 23.5 Å². The molecular formula is C19H33N4O15P3. The smallest absolute Gasteiger partial charge is 0.387 e. The van der Waals surface area contributed by atoms with Gasteiger partial charge in [0.2, 0.25) is 0 Å². The molecule has 3 heterocycles. The molecule has 0 aliphatic carbocycles. The van der Waals surface area contributed by atoms with E-state index in [0.717, 1.165) is 6.33 Å². The largest absolute Gasteiger partial charge is 0.490 e. The minimum absolute atomic E-state index is 0.0517. The third kappa shape index (κ3) is 8.38. The second-order valence-electron chi connectivity index (χ2n) is 9.74. The minimum Gasteiger partial charge on any atom is -0.387 e. The van der Waals surface area contributed by atoms with Crippen molar-refractivity contribution < 1.29 is 70.8 Å². The Morgan fingerprint density at radius 1 is 1.05 bits per heavy atom. The molecule has 0 bridgehead atoms. The number of hydrogen-bond donors (Lipinski definition) is 7. The van der Waals surface area contributed by atoms with Crippen LogP contribution in [0.3, 0.4) is 0 Å². The van der Waals surface area contributed by atoms with E-state index in [4.69, 9.17) is 29.7 Å². The fourth-order valence-corrected chi connectivity index (χ4v) is 7.05. The average molecular weight is 650 g/mol. The Kier molecular flexibility index (Phi) is 10.3. The summed E-state index contributed by atoms with van der Waals surface area (Å²) < 4.78 is 65.4. The first-order valence-electron chi connectivity index (χ1n) is 11.9. The third-order valence-corrected chi connectivity index (χ3v) is 9.34. The number of anilines is 1. The van der Waals surface area contributed by atoms with Gasteiger partial charge in [0.1, 0.15) is 35.6 Å². The molecule has 1 aliphatic heterocycles. The highest BCUT2D eigenvalue weighted by Gasteiger charge is 2.54. The first-order valence-corrected chi connectivity index (χ1v) is 16.4. The van der Waals surface area contributed by atoms with Gasteiger partial charge in [-0.15, -0.1) is 0 Å². The summed E-state index contributed by atoms with van der Waals surface area (Å²) in [6, 6.07) is 0. The molecule has 22 heteroatoms. The molecule has 6 atom stereocenters. The Labute approximate surface area is 233 Å². The summed E-state index contributed by atoms with van der Waals surface area (Å²) in [6.45, 7) is 7.36. The normalized spacial score (nSPS) is 26.7. The zero-order chi connectivity index (χ0) is 31.1. The van der Waals surface area contributed by atoms with Crippen LogP contribution in [0.2, 0.25) is 0 Å². The first kappa shape index (κ1) is 34.1. The standard InChI is InChI=1S/C19H33N4O15P3/c1-9(2)34-17(35-10(3)4)11-6-23(16-13(11)15(20)21-8-22-16)18-19(5,25)14(24)12(36-18)7-33-40(29,30)38-41(31,32)37-39(26,27)28/h6,8-10,12,14,17-18,24-25H,7H2,1-5H3,(H,29,30)(H,31,32)(H2,20,21,22)(H2,26,27,28)/t12-,14-,18-,19-/m1/s1. The highest BCUT2D eigenvalue weighted by Crippen LogP contribution is 2.66. The molecule has 1 fully saturated rings. The number of fused-ring (bicyclic) bond motifs is 1. The molecule has 19 nitrogen and oxygen atoms in total. The number of rotatable bonds is 13. The van der Waals surface area contributed by atoms with Gasteiger partial charge < -0.3 is 54.3 Å². The lowest BCUT2D eigenvalue weighted by Crippen LogP contribution is -2.44. The van der Waals surface area contributed by atoms with Crippen molar-refractivity contribution in [1.82, 2.24) is 14.5 Å². The van der Waals surface area contributed by atoms with Crippen LogP contribution in [0.5, 0.6) is 0 Å². The van der Waals surface area contributed by atoms with Crippen molar-refractivity contribution in [2.75, 3.05) is 12.3 Å². The van der Waals surface area contributed by atoms with E-state index < -0.39 is 60.4 Å². The van der Waals surface area contributed by atoms with Gasteiger partial charge in [-0.1, -0.05) is 0 Å². The highest BCUT2D eigenvalue weighted by molar-refractivity contribution is 7.66. The Morgan fingerprint density at radius 3 is 2.17 bits per heavy atom. The van der Waals surface area contributed by atoms with Crippen molar-refractivity contribution in [2.45, 2.75) is 77.2 Å². The number of hydrogen-bond acceptors (Lipinski definition) is 14. The fourth-order valence-electron chi connectivity index (χ4n) is 4.02. The number of nitrogen functional groups attached to an aromatic ring is 1. The predicted octanol–water partition coefficient (Wildman–Crippen LogP) is 1.21.